The lowest BCUT2D eigenvalue weighted by molar-refractivity contribution is -0.139. The maximum absolute atomic E-state index is 11.1. The molecule has 0 aliphatic rings. The van der Waals surface area contributed by atoms with E-state index in [2.05, 4.69) is 4.99 Å². The molecule has 16 heavy (non-hydrogen) atoms. The smallest absolute Gasteiger partial charge is 0.328 e. The summed E-state index contributed by atoms with van der Waals surface area (Å²) in [7, 11) is 0. The van der Waals surface area contributed by atoms with Crippen LogP contribution in [0.5, 0.6) is 0 Å². The monoisotopic (exact) mass is 223 g/mol. The Balaban J connectivity index is 2.89. The first-order chi connectivity index (χ1) is 7.56. The van der Waals surface area contributed by atoms with Gasteiger partial charge in [0.25, 0.3) is 0 Å². The molecule has 1 heterocycles. The van der Waals surface area contributed by atoms with E-state index in [9.17, 15) is 4.79 Å². The molecule has 0 saturated heterocycles. The van der Waals surface area contributed by atoms with Crippen molar-refractivity contribution in [1.29, 1.82) is 0 Å². The quantitative estimate of drug-likeness (QED) is 0.780. The zero-order valence-corrected chi connectivity index (χ0v) is 9.80. The minimum Gasteiger partial charge on any atom is -0.480 e. The van der Waals surface area contributed by atoms with Crippen molar-refractivity contribution in [2.75, 3.05) is 0 Å². The maximum atomic E-state index is 11.1. The van der Waals surface area contributed by atoms with Crippen LogP contribution >= 0.6 is 0 Å². The molecule has 1 N–H and O–H groups in total. The van der Waals surface area contributed by atoms with Gasteiger partial charge in [0.2, 0.25) is 0 Å². The van der Waals surface area contributed by atoms with Crippen molar-refractivity contribution < 1.29 is 14.3 Å². The third-order valence-corrected chi connectivity index (χ3v) is 2.65. The Hall–Kier alpha value is -1.58. The average Bonchev–Trinajstić information content (AvgIpc) is 2.77. The third kappa shape index (κ3) is 2.95. The summed E-state index contributed by atoms with van der Waals surface area (Å²) in [5, 5.41) is 9.08. The van der Waals surface area contributed by atoms with Gasteiger partial charge in [-0.3, -0.25) is 4.99 Å². The second kappa shape index (κ2) is 5.49. The number of carbonyl (C=O) groups is 1. The Morgan fingerprint density at radius 3 is 2.75 bits per heavy atom. The van der Waals surface area contributed by atoms with E-state index < -0.39 is 12.0 Å². The fourth-order valence-corrected chi connectivity index (χ4v) is 1.41. The highest BCUT2D eigenvalue weighted by atomic mass is 16.4. The van der Waals surface area contributed by atoms with Crippen LogP contribution < -0.4 is 0 Å². The second-order valence-electron chi connectivity index (χ2n) is 3.86. The normalized spacial score (nSPS) is 15.8. The molecule has 0 bridgehead atoms. The maximum Gasteiger partial charge on any atom is 0.328 e. The van der Waals surface area contributed by atoms with Crippen molar-refractivity contribution in [1.82, 2.24) is 0 Å². The molecule has 1 aromatic rings. The number of hydrogen-bond donors (Lipinski definition) is 1. The summed E-state index contributed by atoms with van der Waals surface area (Å²) >= 11 is 0. The van der Waals surface area contributed by atoms with Gasteiger partial charge in [0.15, 0.2) is 0 Å². The summed E-state index contributed by atoms with van der Waals surface area (Å²) in [6, 6.07) is 2.83. The van der Waals surface area contributed by atoms with Gasteiger partial charge >= 0.3 is 5.97 Å². The molecule has 4 heteroatoms. The van der Waals surface area contributed by atoms with Gasteiger partial charge in [-0.1, -0.05) is 20.3 Å². The number of aliphatic imine (C=N–C) groups is 1. The number of hydrogen-bond acceptors (Lipinski definition) is 3. The molecule has 0 radical (unpaired) electrons. The van der Waals surface area contributed by atoms with Gasteiger partial charge in [0.05, 0.1) is 12.0 Å². The molecule has 4 nitrogen and oxygen atoms in total. The van der Waals surface area contributed by atoms with Crippen LogP contribution in [-0.4, -0.2) is 22.8 Å². The van der Waals surface area contributed by atoms with Crippen LogP contribution in [0.3, 0.4) is 0 Å². The fraction of sp³-hybridized carbons (Fsp3) is 0.500. The molecule has 0 saturated carbocycles. The van der Waals surface area contributed by atoms with E-state index in [0.29, 0.717) is 11.5 Å². The van der Waals surface area contributed by atoms with E-state index in [1.807, 2.05) is 13.8 Å². The highest BCUT2D eigenvalue weighted by Crippen LogP contribution is 2.14. The lowest BCUT2D eigenvalue weighted by Gasteiger charge is -2.14. The molecule has 0 aliphatic heterocycles. The minimum atomic E-state index is -0.889. The molecular weight excluding hydrogens is 206 g/mol. The van der Waals surface area contributed by atoms with E-state index in [4.69, 9.17) is 9.52 Å². The topological polar surface area (TPSA) is 62.8 Å². The zero-order chi connectivity index (χ0) is 12.1. The van der Waals surface area contributed by atoms with E-state index in [1.54, 1.807) is 25.3 Å². The SMILES string of the molecule is CCC(C)C(N=C(C)c1ccco1)C(=O)O. The Bertz CT molecular complexity index is 368. The minimum absolute atomic E-state index is 0.0161. The van der Waals surface area contributed by atoms with Gasteiger partial charge in [-0.2, -0.15) is 0 Å². The molecular formula is C12H17NO3. The molecule has 2 unspecified atom stereocenters. The van der Waals surface area contributed by atoms with Crippen LogP contribution in [-0.2, 0) is 4.79 Å². The Morgan fingerprint density at radius 2 is 2.31 bits per heavy atom. The van der Waals surface area contributed by atoms with Crippen LogP contribution in [0.25, 0.3) is 0 Å². The molecule has 0 spiro atoms. The molecule has 1 rings (SSSR count). The predicted octanol–water partition coefficient (Wildman–Crippen LogP) is 2.59. The first-order valence-electron chi connectivity index (χ1n) is 5.37. The number of rotatable bonds is 5. The van der Waals surface area contributed by atoms with Crippen molar-refractivity contribution >= 4 is 11.7 Å². The molecule has 0 amide bonds. The standard InChI is InChI=1S/C12H17NO3/c1-4-8(2)11(12(14)15)13-9(3)10-6-5-7-16-10/h5-8,11H,4H2,1-3H3,(H,14,15). The number of aliphatic carboxylic acids is 1. The van der Waals surface area contributed by atoms with E-state index >= 15 is 0 Å². The third-order valence-electron chi connectivity index (χ3n) is 2.65. The average molecular weight is 223 g/mol. The van der Waals surface area contributed by atoms with Crippen LogP contribution in [0, 0.1) is 5.92 Å². The van der Waals surface area contributed by atoms with Crippen molar-refractivity contribution in [3.63, 3.8) is 0 Å². The first-order valence-corrected chi connectivity index (χ1v) is 5.37. The van der Waals surface area contributed by atoms with Crippen molar-refractivity contribution in [3.05, 3.63) is 24.2 Å². The Labute approximate surface area is 95.0 Å². The van der Waals surface area contributed by atoms with Gasteiger partial charge in [-0.15, -0.1) is 0 Å². The Kier molecular flexibility index (Phi) is 4.28. The molecule has 0 fully saturated rings. The van der Waals surface area contributed by atoms with E-state index in [1.165, 1.54) is 0 Å². The summed E-state index contributed by atoms with van der Waals surface area (Å²) in [5.74, 6) is -0.253. The largest absolute Gasteiger partial charge is 0.480 e. The van der Waals surface area contributed by atoms with Crippen molar-refractivity contribution in [3.8, 4) is 0 Å². The van der Waals surface area contributed by atoms with Gasteiger partial charge in [0.1, 0.15) is 11.8 Å². The number of carboxylic acid groups (broad SMARTS) is 1. The van der Waals surface area contributed by atoms with Gasteiger partial charge in [-0.05, 0) is 25.0 Å². The number of furan rings is 1. The van der Waals surface area contributed by atoms with Crippen LogP contribution in [0.2, 0.25) is 0 Å². The van der Waals surface area contributed by atoms with Crippen LogP contribution in [0.15, 0.2) is 27.8 Å². The van der Waals surface area contributed by atoms with E-state index in [-0.39, 0.29) is 5.92 Å². The highest BCUT2D eigenvalue weighted by Gasteiger charge is 2.23. The van der Waals surface area contributed by atoms with Crippen LogP contribution in [0.4, 0.5) is 0 Å². The number of carboxylic acids is 1. The van der Waals surface area contributed by atoms with Crippen molar-refractivity contribution in [2.24, 2.45) is 10.9 Å². The molecule has 88 valence electrons. The molecule has 0 aromatic carbocycles. The first kappa shape index (κ1) is 12.5. The summed E-state index contributed by atoms with van der Waals surface area (Å²) in [4.78, 5) is 15.3. The molecule has 0 aliphatic carbocycles. The van der Waals surface area contributed by atoms with Gasteiger partial charge in [0, 0.05) is 0 Å². The lowest BCUT2D eigenvalue weighted by atomic mass is 10.00. The van der Waals surface area contributed by atoms with E-state index in [0.717, 1.165) is 6.42 Å². The number of nitrogens with zero attached hydrogens (tertiary/aromatic N) is 1. The Morgan fingerprint density at radius 1 is 1.62 bits per heavy atom. The summed E-state index contributed by atoms with van der Waals surface area (Å²) in [6.07, 6.45) is 2.33. The summed E-state index contributed by atoms with van der Waals surface area (Å²) in [6.45, 7) is 5.60. The summed E-state index contributed by atoms with van der Waals surface area (Å²) in [5.41, 5.74) is 0.623. The van der Waals surface area contributed by atoms with Gasteiger partial charge < -0.3 is 9.52 Å². The lowest BCUT2D eigenvalue weighted by Crippen LogP contribution is -2.26. The van der Waals surface area contributed by atoms with Gasteiger partial charge in [-0.25, -0.2) is 4.79 Å². The molecule has 1 aromatic heterocycles. The summed E-state index contributed by atoms with van der Waals surface area (Å²) < 4.78 is 5.17. The predicted molar refractivity (Wildman–Crippen MR) is 61.8 cm³/mol. The molecule has 2 atom stereocenters. The highest BCUT2D eigenvalue weighted by molar-refractivity contribution is 5.97. The van der Waals surface area contributed by atoms with Crippen molar-refractivity contribution in [2.45, 2.75) is 33.2 Å². The fourth-order valence-electron chi connectivity index (χ4n) is 1.41. The second-order valence-corrected chi connectivity index (χ2v) is 3.86. The zero-order valence-electron chi connectivity index (χ0n) is 9.80. The van der Waals surface area contributed by atoms with Crippen LogP contribution in [0.1, 0.15) is 33.0 Å².